The third kappa shape index (κ3) is 3.70. The number of hydrogen-bond acceptors (Lipinski definition) is 5. The lowest BCUT2D eigenvalue weighted by molar-refractivity contribution is 0.377. The number of rotatable bonds is 8. The van der Waals surface area contributed by atoms with Gasteiger partial charge in [-0.05, 0) is 20.0 Å². The monoisotopic (exact) mass is 254 g/mol. The third-order valence-corrected chi connectivity index (χ3v) is 2.62. The number of ether oxygens (including phenoxy) is 3. The fraction of sp³-hybridized carbons (Fsp3) is 0.538. The first-order chi connectivity index (χ1) is 8.76. The van der Waals surface area contributed by atoms with E-state index in [9.17, 15) is 0 Å². The molecule has 5 nitrogen and oxygen atoms in total. The van der Waals surface area contributed by atoms with E-state index >= 15 is 0 Å². The van der Waals surface area contributed by atoms with Gasteiger partial charge in [-0.25, -0.2) is 0 Å². The zero-order chi connectivity index (χ0) is 13.4. The Balaban J connectivity index is 2.85. The maximum Gasteiger partial charge on any atom is 0.149 e. The van der Waals surface area contributed by atoms with E-state index in [-0.39, 0.29) is 0 Å². The van der Waals surface area contributed by atoms with Gasteiger partial charge in [0, 0.05) is 18.7 Å². The van der Waals surface area contributed by atoms with Crippen molar-refractivity contribution in [2.75, 3.05) is 46.8 Å². The van der Waals surface area contributed by atoms with Crippen LogP contribution in [0, 0.1) is 0 Å². The van der Waals surface area contributed by atoms with Crippen LogP contribution in [0.4, 0.5) is 5.69 Å². The van der Waals surface area contributed by atoms with Gasteiger partial charge in [-0.15, -0.1) is 0 Å². The van der Waals surface area contributed by atoms with Gasteiger partial charge in [-0.2, -0.15) is 0 Å². The lowest BCUT2D eigenvalue weighted by Crippen LogP contribution is -2.13. The summed E-state index contributed by atoms with van der Waals surface area (Å²) in [5, 5.41) is 6.43. The molecule has 18 heavy (non-hydrogen) atoms. The molecule has 0 fully saturated rings. The van der Waals surface area contributed by atoms with Gasteiger partial charge in [0.05, 0.1) is 21.3 Å². The number of nitrogens with one attached hydrogen (secondary N) is 2. The highest BCUT2D eigenvalue weighted by atomic mass is 16.5. The molecule has 0 bridgehead atoms. The summed E-state index contributed by atoms with van der Waals surface area (Å²) in [4.78, 5) is 0. The molecule has 0 aliphatic rings. The minimum Gasteiger partial charge on any atom is -0.496 e. The molecule has 0 aliphatic carbocycles. The van der Waals surface area contributed by atoms with Crippen molar-refractivity contribution in [3.8, 4) is 17.2 Å². The Morgan fingerprint density at radius 2 is 1.56 bits per heavy atom. The van der Waals surface area contributed by atoms with Crippen molar-refractivity contribution in [1.82, 2.24) is 5.32 Å². The highest BCUT2D eigenvalue weighted by molar-refractivity contribution is 5.68. The first kappa shape index (κ1) is 14.4. The molecule has 0 atom stereocenters. The summed E-state index contributed by atoms with van der Waals surface area (Å²) in [7, 11) is 6.82. The normalized spacial score (nSPS) is 10.0. The van der Waals surface area contributed by atoms with Crippen LogP contribution in [0.5, 0.6) is 17.2 Å². The Bertz CT molecular complexity index is 344. The molecule has 102 valence electrons. The van der Waals surface area contributed by atoms with Crippen LogP contribution in [0.3, 0.4) is 0 Å². The minimum atomic E-state index is 0.712. The van der Waals surface area contributed by atoms with Gasteiger partial charge in [0.1, 0.15) is 22.9 Å². The van der Waals surface area contributed by atoms with E-state index in [0.29, 0.717) is 5.75 Å². The molecule has 1 aromatic rings. The fourth-order valence-electron chi connectivity index (χ4n) is 1.66. The van der Waals surface area contributed by atoms with Crippen molar-refractivity contribution in [1.29, 1.82) is 0 Å². The van der Waals surface area contributed by atoms with Crippen LogP contribution in [0.1, 0.15) is 6.42 Å². The van der Waals surface area contributed by atoms with E-state index in [1.165, 1.54) is 0 Å². The van der Waals surface area contributed by atoms with Crippen LogP contribution in [-0.4, -0.2) is 41.5 Å². The van der Waals surface area contributed by atoms with E-state index in [1.807, 2.05) is 19.2 Å². The molecular weight excluding hydrogens is 232 g/mol. The van der Waals surface area contributed by atoms with Gasteiger partial charge in [0.15, 0.2) is 0 Å². The van der Waals surface area contributed by atoms with Gasteiger partial charge in [-0.1, -0.05) is 0 Å². The Hall–Kier alpha value is -1.62. The summed E-state index contributed by atoms with van der Waals surface area (Å²) in [5.74, 6) is 2.15. The first-order valence-electron chi connectivity index (χ1n) is 5.95. The third-order valence-electron chi connectivity index (χ3n) is 2.62. The number of benzene rings is 1. The number of methoxy groups -OCH3 is 3. The quantitative estimate of drug-likeness (QED) is 0.692. The van der Waals surface area contributed by atoms with Crippen LogP contribution in [0.25, 0.3) is 0 Å². The molecule has 0 saturated heterocycles. The summed E-state index contributed by atoms with van der Waals surface area (Å²) in [6, 6.07) is 3.67. The Kier molecular flexibility index (Phi) is 6.14. The van der Waals surface area contributed by atoms with Crippen LogP contribution >= 0.6 is 0 Å². The van der Waals surface area contributed by atoms with Crippen molar-refractivity contribution >= 4 is 5.69 Å². The standard InChI is InChI=1S/C13H22N2O3/c1-14-6-5-7-15-13-11(17-3)8-10(16-2)9-12(13)18-4/h8-9,14-15H,5-7H2,1-4H3. The van der Waals surface area contributed by atoms with Gasteiger partial charge >= 0.3 is 0 Å². The van der Waals surface area contributed by atoms with Crippen molar-refractivity contribution < 1.29 is 14.2 Å². The van der Waals surface area contributed by atoms with Crippen molar-refractivity contribution in [2.45, 2.75) is 6.42 Å². The van der Waals surface area contributed by atoms with E-state index in [1.54, 1.807) is 21.3 Å². The largest absolute Gasteiger partial charge is 0.496 e. The van der Waals surface area contributed by atoms with Gasteiger partial charge in [0.2, 0.25) is 0 Å². The molecule has 0 saturated carbocycles. The molecule has 0 aromatic heterocycles. The minimum absolute atomic E-state index is 0.712. The van der Waals surface area contributed by atoms with Crippen molar-refractivity contribution in [3.63, 3.8) is 0 Å². The van der Waals surface area contributed by atoms with Crippen molar-refractivity contribution in [3.05, 3.63) is 12.1 Å². The smallest absolute Gasteiger partial charge is 0.149 e. The predicted octanol–water partition coefficient (Wildman–Crippen LogP) is 1.73. The second-order valence-corrected chi connectivity index (χ2v) is 3.79. The summed E-state index contributed by atoms with van der Waals surface area (Å²) in [6.07, 6.45) is 1.02. The summed E-state index contributed by atoms with van der Waals surface area (Å²) < 4.78 is 15.9. The molecule has 1 aromatic carbocycles. The van der Waals surface area contributed by atoms with Crippen LogP contribution in [-0.2, 0) is 0 Å². The van der Waals surface area contributed by atoms with Crippen LogP contribution in [0.15, 0.2) is 12.1 Å². The maximum absolute atomic E-state index is 5.35. The molecule has 0 unspecified atom stereocenters. The summed E-state index contributed by atoms with van der Waals surface area (Å²) >= 11 is 0. The van der Waals surface area contributed by atoms with E-state index < -0.39 is 0 Å². The van der Waals surface area contributed by atoms with Crippen LogP contribution in [0.2, 0.25) is 0 Å². The lowest BCUT2D eigenvalue weighted by Gasteiger charge is -2.16. The van der Waals surface area contributed by atoms with Gasteiger partial charge in [0.25, 0.3) is 0 Å². The molecular formula is C13H22N2O3. The highest BCUT2D eigenvalue weighted by Gasteiger charge is 2.12. The van der Waals surface area contributed by atoms with E-state index in [2.05, 4.69) is 10.6 Å². The Morgan fingerprint density at radius 1 is 0.944 bits per heavy atom. The second-order valence-electron chi connectivity index (χ2n) is 3.79. The molecule has 0 spiro atoms. The number of hydrogen-bond donors (Lipinski definition) is 2. The molecule has 1 rings (SSSR count). The van der Waals surface area contributed by atoms with E-state index in [4.69, 9.17) is 14.2 Å². The molecule has 2 N–H and O–H groups in total. The molecule has 5 heteroatoms. The van der Waals surface area contributed by atoms with Gasteiger partial charge < -0.3 is 24.8 Å². The second kappa shape index (κ2) is 7.66. The SMILES string of the molecule is CNCCCNc1c(OC)cc(OC)cc1OC. The fourth-order valence-corrected chi connectivity index (χ4v) is 1.66. The average molecular weight is 254 g/mol. The number of anilines is 1. The lowest BCUT2D eigenvalue weighted by atomic mass is 10.2. The zero-order valence-electron chi connectivity index (χ0n) is 11.5. The molecule has 0 heterocycles. The van der Waals surface area contributed by atoms with Gasteiger partial charge in [-0.3, -0.25) is 0 Å². The molecule has 0 radical (unpaired) electrons. The highest BCUT2D eigenvalue weighted by Crippen LogP contribution is 2.38. The predicted molar refractivity (Wildman–Crippen MR) is 73.1 cm³/mol. The van der Waals surface area contributed by atoms with Crippen molar-refractivity contribution in [2.24, 2.45) is 0 Å². The Morgan fingerprint density at radius 3 is 2.00 bits per heavy atom. The van der Waals surface area contributed by atoms with Crippen LogP contribution < -0.4 is 24.8 Å². The average Bonchev–Trinajstić information content (AvgIpc) is 2.42. The first-order valence-corrected chi connectivity index (χ1v) is 5.95. The molecule has 0 aliphatic heterocycles. The van der Waals surface area contributed by atoms with E-state index in [0.717, 1.165) is 36.7 Å². The summed E-state index contributed by atoms with van der Waals surface area (Å²) in [5.41, 5.74) is 0.858. The summed E-state index contributed by atoms with van der Waals surface area (Å²) in [6.45, 7) is 1.81. The zero-order valence-corrected chi connectivity index (χ0v) is 11.5. The molecule has 0 amide bonds. The topological polar surface area (TPSA) is 51.8 Å². The Labute approximate surface area is 108 Å². The maximum atomic E-state index is 5.35.